The summed E-state index contributed by atoms with van der Waals surface area (Å²) in [6.07, 6.45) is 2.06. The van der Waals surface area contributed by atoms with Crippen molar-refractivity contribution in [1.82, 2.24) is 4.90 Å². The van der Waals surface area contributed by atoms with E-state index in [-0.39, 0.29) is 11.9 Å². The highest BCUT2D eigenvalue weighted by molar-refractivity contribution is 5.96. The molecule has 2 aromatic rings. The fourth-order valence-corrected chi connectivity index (χ4v) is 2.46. The van der Waals surface area contributed by atoms with Gasteiger partial charge in [-0.3, -0.25) is 4.79 Å². The van der Waals surface area contributed by atoms with Gasteiger partial charge in [0.05, 0.1) is 6.54 Å². The summed E-state index contributed by atoms with van der Waals surface area (Å²) in [6, 6.07) is 9.08. The third-order valence-corrected chi connectivity index (χ3v) is 3.60. The van der Waals surface area contributed by atoms with E-state index in [4.69, 9.17) is 15.9 Å². The summed E-state index contributed by atoms with van der Waals surface area (Å²) in [5.41, 5.74) is 13.1. The Labute approximate surface area is 123 Å². The van der Waals surface area contributed by atoms with E-state index >= 15 is 0 Å². The second-order valence-corrected chi connectivity index (χ2v) is 5.56. The van der Waals surface area contributed by atoms with E-state index in [0.29, 0.717) is 23.5 Å². The molecule has 0 aliphatic heterocycles. The zero-order chi connectivity index (χ0) is 15.0. The number of anilines is 2. The Bertz CT molecular complexity index is 654. The Balaban J connectivity index is 1.84. The molecule has 5 nitrogen and oxygen atoms in total. The summed E-state index contributed by atoms with van der Waals surface area (Å²) in [6.45, 7) is 2.37. The molecule has 1 amide bonds. The largest absolute Gasteiger partial charge is 0.464 e. The highest BCUT2D eigenvalue weighted by Crippen LogP contribution is 2.30. The lowest BCUT2D eigenvalue weighted by atomic mass is 10.1. The first-order valence-electron chi connectivity index (χ1n) is 7.05. The number of furan rings is 1. The Hall–Kier alpha value is -2.43. The molecule has 0 spiro atoms. The van der Waals surface area contributed by atoms with Crippen LogP contribution in [0.5, 0.6) is 0 Å². The maximum atomic E-state index is 12.7. The van der Waals surface area contributed by atoms with Crippen molar-refractivity contribution in [2.45, 2.75) is 32.4 Å². The molecule has 0 unspecified atom stereocenters. The zero-order valence-corrected chi connectivity index (χ0v) is 12.0. The monoisotopic (exact) mass is 285 g/mol. The van der Waals surface area contributed by atoms with Crippen LogP contribution in [0.15, 0.2) is 34.7 Å². The predicted molar refractivity (Wildman–Crippen MR) is 81.6 cm³/mol. The van der Waals surface area contributed by atoms with Crippen LogP contribution >= 0.6 is 0 Å². The van der Waals surface area contributed by atoms with Gasteiger partial charge in [0.1, 0.15) is 11.5 Å². The normalized spacial score (nSPS) is 14.1. The number of benzene rings is 1. The molecule has 1 aliphatic rings. The molecular formula is C16H19N3O2. The standard InChI is InChI=1S/C16H19N3O2/c1-10-2-5-15(21-10)9-19(14-3-4-14)16(20)11-6-12(17)8-13(18)7-11/h2,5-8,14H,3-4,9,17-18H2,1H3. The Morgan fingerprint density at radius 1 is 1.24 bits per heavy atom. The Morgan fingerprint density at radius 2 is 1.90 bits per heavy atom. The average molecular weight is 285 g/mol. The first-order chi connectivity index (χ1) is 10.0. The number of hydrogen-bond donors (Lipinski definition) is 2. The molecule has 1 heterocycles. The van der Waals surface area contributed by atoms with E-state index in [2.05, 4.69) is 0 Å². The molecule has 1 aromatic heterocycles. The molecule has 3 rings (SSSR count). The highest BCUT2D eigenvalue weighted by Gasteiger charge is 2.33. The van der Waals surface area contributed by atoms with Crippen molar-refractivity contribution >= 4 is 17.3 Å². The number of nitrogen functional groups attached to an aromatic ring is 2. The molecule has 5 heteroatoms. The summed E-state index contributed by atoms with van der Waals surface area (Å²) in [7, 11) is 0. The van der Waals surface area contributed by atoms with Crippen LogP contribution in [0.2, 0.25) is 0 Å². The quantitative estimate of drug-likeness (QED) is 0.845. The molecule has 0 atom stereocenters. The predicted octanol–water partition coefficient (Wildman–Crippen LogP) is 2.56. The first kappa shape index (κ1) is 13.5. The van der Waals surface area contributed by atoms with Crippen molar-refractivity contribution in [1.29, 1.82) is 0 Å². The molecule has 0 radical (unpaired) electrons. The number of nitrogens with two attached hydrogens (primary N) is 2. The lowest BCUT2D eigenvalue weighted by Gasteiger charge is -2.21. The van der Waals surface area contributed by atoms with Gasteiger partial charge in [0.25, 0.3) is 5.91 Å². The van der Waals surface area contributed by atoms with Crippen LogP contribution in [0, 0.1) is 6.92 Å². The van der Waals surface area contributed by atoms with Crippen LogP contribution in [0.3, 0.4) is 0 Å². The van der Waals surface area contributed by atoms with Gasteiger partial charge >= 0.3 is 0 Å². The molecule has 4 N–H and O–H groups in total. The molecule has 1 saturated carbocycles. The van der Waals surface area contributed by atoms with E-state index in [1.54, 1.807) is 18.2 Å². The summed E-state index contributed by atoms with van der Waals surface area (Å²) in [4.78, 5) is 14.6. The molecule has 1 aromatic carbocycles. The van der Waals surface area contributed by atoms with Crippen LogP contribution in [-0.4, -0.2) is 16.8 Å². The van der Waals surface area contributed by atoms with Gasteiger partial charge in [-0.15, -0.1) is 0 Å². The van der Waals surface area contributed by atoms with Gasteiger partial charge in [-0.1, -0.05) is 0 Å². The van der Waals surface area contributed by atoms with Crippen LogP contribution in [-0.2, 0) is 6.54 Å². The SMILES string of the molecule is Cc1ccc(CN(C(=O)c2cc(N)cc(N)c2)C2CC2)o1. The van der Waals surface area contributed by atoms with Gasteiger partial charge in [-0.25, -0.2) is 0 Å². The molecular weight excluding hydrogens is 266 g/mol. The minimum absolute atomic E-state index is 0.0504. The zero-order valence-electron chi connectivity index (χ0n) is 12.0. The Morgan fingerprint density at radius 3 is 2.43 bits per heavy atom. The lowest BCUT2D eigenvalue weighted by molar-refractivity contribution is 0.0717. The van der Waals surface area contributed by atoms with Crippen LogP contribution in [0.25, 0.3) is 0 Å². The number of aryl methyl sites for hydroxylation is 1. The second-order valence-electron chi connectivity index (χ2n) is 5.56. The van der Waals surface area contributed by atoms with Crippen molar-refractivity contribution in [3.63, 3.8) is 0 Å². The molecule has 0 saturated heterocycles. The van der Waals surface area contributed by atoms with Crippen molar-refractivity contribution in [2.24, 2.45) is 0 Å². The molecule has 0 bridgehead atoms. The maximum Gasteiger partial charge on any atom is 0.254 e. The lowest BCUT2D eigenvalue weighted by Crippen LogP contribution is -2.32. The minimum atomic E-state index is -0.0504. The summed E-state index contributed by atoms with van der Waals surface area (Å²) in [5.74, 6) is 1.59. The van der Waals surface area contributed by atoms with Crippen molar-refractivity contribution in [3.8, 4) is 0 Å². The summed E-state index contributed by atoms with van der Waals surface area (Å²) >= 11 is 0. The first-order valence-corrected chi connectivity index (χ1v) is 7.05. The van der Waals surface area contributed by atoms with Gasteiger partial charge in [-0.2, -0.15) is 0 Å². The number of amides is 1. The van der Waals surface area contributed by atoms with E-state index in [0.717, 1.165) is 24.4 Å². The van der Waals surface area contributed by atoms with Gasteiger partial charge in [0, 0.05) is 23.0 Å². The van der Waals surface area contributed by atoms with E-state index in [1.807, 2.05) is 24.0 Å². The maximum absolute atomic E-state index is 12.7. The summed E-state index contributed by atoms with van der Waals surface area (Å²) in [5, 5.41) is 0. The van der Waals surface area contributed by atoms with Crippen molar-refractivity contribution in [3.05, 3.63) is 47.4 Å². The van der Waals surface area contributed by atoms with Gasteiger partial charge in [0.15, 0.2) is 0 Å². The van der Waals surface area contributed by atoms with Crippen LogP contribution < -0.4 is 11.5 Å². The van der Waals surface area contributed by atoms with E-state index in [9.17, 15) is 4.79 Å². The van der Waals surface area contributed by atoms with Gasteiger partial charge in [0.2, 0.25) is 0 Å². The number of carbonyl (C=O) groups is 1. The van der Waals surface area contributed by atoms with Crippen molar-refractivity contribution < 1.29 is 9.21 Å². The molecule has 110 valence electrons. The third-order valence-electron chi connectivity index (χ3n) is 3.60. The van der Waals surface area contributed by atoms with Gasteiger partial charge in [-0.05, 0) is 50.1 Å². The van der Waals surface area contributed by atoms with Gasteiger partial charge < -0.3 is 20.8 Å². The van der Waals surface area contributed by atoms with Crippen LogP contribution in [0.1, 0.15) is 34.7 Å². The molecule has 21 heavy (non-hydrogen) atoms. The Kier molecular flexibility index (Phi) is 3.33. The van der Waals surface area contributed by atoms with E-state index in [1.165, 1.54) is 0 Å². The van der Waals surface area contributed by atoms with Crippen LogP contribution in [0.4, 0.5) is 11.4 Å². The fraction of sp³-hybridized carbons (Fsp3) is 0.312. The number of nitrogens with zero attached hydrogens (tertiary/aromatic N) is 1. The number of carbonyl (C=O) groups excluding carboxylic acids is 1. The topological polar surface area (TPSA) is 85.5 Å². The smallest absolute Gasteiger partial charge is 0.254 e. The highest BCUT2D eigenvalue weighted by atomic mass is 16.3. The molecule has 1 fully saturated rings. The van der Waals surface area contributed by atoms with Crippen molar-refractivity contribution in [2.75, 3.05) is 11.5 Å². The molecule has 1 aliphatic carbocycles. The fourth-order valence-electron chi connectivity index (χ4n) is 2.46. The second kappa shape index (κ2) is 5.16. The summed E-state index contributed by atoms with van der Waals surface area (Å²) < 4.78 is 5.58. The van der Waals surface area contributed by atoms with E-state index < -0.39 is 0 Å². The minimum Gasteiger partial charge on any atom is -0.464 e. The number of hydrogen-bond acceptors (Lipinski definition) is 4. The number of rotatable bonds is 4. The average Bonchev–Trinajstić information content (AvgIpc) is 3.17. The third kappa shape index (κ3) is 3.02.